The Kier molecular flexibility index (Phi) is 4.16. The summed E-state index contributed by atoms with van der Waals surface area (Å²) in [5.74, 6) is 0.320. The van der Waals surface area contributed by atoms with Crippen LogP contribution in [0.15, 0.2) is 36.9 Å². The molecule has 0 bridgehead atoms. The highest BCUT2D eigenvalue weighted by Gasteiger charge is 2.30. The number of hydrogen-bond donors (Lipinski definition) is 0. The van der Waals surface area contributed by atoms with E-state index < -0.39 is 11.7 Å². The summed E-state index contributed by atoms with van der Waals surface area (Å²) in [7, 11) is 0. The summed E-state index contributed by atoms with van der Waals surface area (Å²) >= 11 is 0. The standard InChI is InChI=1S/C13H15F3/c1-3-5-10(2)8-11-6-4-7-12(9-11)13(14,15)16/h3-4,6-7,9-10H,1,5,8H2,2H3. The van der Waals surface area contributed by atoms with E-state index in [1.807, 2.05) is 6.92 Å². The predicted octanol–water partition coefficient (Wildman–Crippen LogP) is 4.46. The smallest absolute Gasteiger partial charge is 0.166 e. The first-order valence-electron chi connectivity index (χ1n) is 5.20. The van der Waals surface area contributed by atoms with E-state index >= 15 is 0 Å². The molecule has 0 saturated heterocycles. The van der Waals surface area contributed by atoms with Crippen LogP contribution in [0.5, 0.6) is 0 Å². The molecule has 0 spiro atoms. The van der Waals surface area contributed by atoms with Crippen LogP contribution in [0, 0.1) is 5.92 Å². The molecule has 0 amide bonds. The molecule has 1 unspecified atom stereocenters. The van der Waals surface area contributed by atoms with Gasteiger partial charge in [-0.1, -0.05) is 31.2 Å². The number of rotatable bonds is 4. The zero-order chi connectivity index (χ0) is 12.2. The Morgan fingerprint density at radius 2 is 2.06 bits per heavy atom. The zero-order valence-corrected chi connectivity index (χ0v) is 9.22. The molecule has 0 aliphatic heterocycles. The van der Waals surface area contributed by atoms with Crippen LogP contribution < -0.4 is 0 Å². The van der Waals surface area contributed by atoms with Crippen molar-refractivity contribution in [2.75, 3.05) is 0 Å². The highest BCUT2D eigenvalue weighted by molar-refractivity contribution is 5.26. The third-order valence-electron chi connectivity index (χ3n) is 2.41. The van der Waals surface area contributed by atoms with Crippen molar-refractivity contribution in [1.82, 2.24) is 0 Å². The molecule has 3 heteroatoms. The van der Waals surface area contributed by atoms with Gasteiger partial charge < -0.3 is 0 Å². The molecule has 0 aliphatic carbocycles. The van der Waals surface area contributed by atoms with E-state index in [9.17, 15) is 13.2 Å². The van der Waals surface area contributed by atoms with Crippen LogP contribution in [0.4, 0.5) is 13.2 Å². The molecule has 0 N–H and O–H groups in total. The van der Waals surface area contributed by atoms with E-state index in [2.05, 4.69) is 6.58 Å². The minimum absolute atomic E-state index is 0.320. The van der Waals surface area contributed by atoms with E-state index in [-0.39, 0.29) is 0 Å². The molecule has 0 fully saturated rings. The molecule has 0 radical (unpaired) electrons. The predicted molar refractivity (Wildman–Crippen MR) is 59.1 cm³/mol. The first-order valence-corrected chi connectivity index (χ1v) is 5.20. The van der Waals surface area contributed by atoms with Crippen molar-refractivity contribution in [3.63, 3.8) is 0 Å². The van der Waals surface area contributed by atoms with Gasteiger partial charge in [0.05, 0.1) is 5.56 Å². The molecule has 0 aromatic heterocycles. The molecule has 0 saturated carbocycles. The highest BCUT2D eigenvalue weighted by Crippen LogP contribution is 2.30. The van der Waals surface area contributed by atoms with Gasteiger partial charge in [0.2, 0.25) is 0 Å². The summed E-state index contributed by atoms with van der Waals surface area (Å²) in [5.41, 5.74) is 0.153. The highest BCUT2D eigenvalue weighted by atomic mass is 19.4. The fourth-order valence-electron chi connectivity index (χ4n) is 1.64. The minimum Gasteiger partial charge on any atom is -0.166 e. The lowest BCUT2D eigenvalue weighted by Gasteiger charge is -2.11. The van der Waals surface area contributed by atoms with Crippen molar-refractivity contribution in [2.24, 2.45) is 5.92 Å². The van der Waals surface area contributed by atoms with Gasteiger partial charge in [0, 0.05) is 0 Å². The second-order valence-corrected chi connectivity index (χ2v) is 4.03. The van der Waals surface area contributed by atoms with Crippen molar-refractivity contribution < 1.29 is 13.2 Å². The van der Waals surface area contributed by atoms with Gasteiger partial charge in [0.1, 0.15) is 0 Å². The fourth-order valence-corrected chi connectivity index (χ4v) is 1.64. The van der Waals surface area contributed by atoms with Crippen molar-refractivity contribution in [2.45, 2.75) is 25.9 Å². The maximum atomic E-state index is 12.4. The molecule has 0 aliphatic rings. The summed E-state index contributed by atoms with van der Waals surface area (Å²) in [6, 6.07) is 5.51. The number of hydrogen-bond acceptors (Lipinski definition) is 0. The van der Waals surface area contributed by atoms with E-state index in [0.717, 1.165) is 18.1 Å². The lowest BCUT2D eigenvalue weighted by Crippen LogP contribution is -2.06. The van der Waals surface area contributed by atoms with Gasteiger partial charge in [-0.2, -0.15) is 13.2 Å². The number of benzene rings is 1. The van der Waals surface area contributed by atoms with Gasteiger partial charge >= 0.3 is 6.18 Å². The Hall–Kier alpha value is -1.25. The number of halogens is 3. The third-order valence-corrected chi connectivity index (χ3v) is 2.41. The van der Waals surface area contributed by atoms with E-state index in [1.54, 1.807) is 12.1 Å². The summed E-state index contributed by atoms with van der Waals surface area (Å²) < 4.78 is 37.3. The lowest BCUT2D eigenvalue weighted by atomic mass is 9.97. The molecule has 1 atom stereocenters. The monoisotopic (exact) mass is 228 g/mol. The maximum absolute atomic E-state index is 12.4. The van der Waals surface area contributed by atoms with Crippen LogP contribution in [0.25, 0.3) is 0 Å². The van der Waals surface area contributed by atoms with Crippen LogP contribution in [-0.2, 0) is 12.6 Å². The summed E-state index contributed by atoms with van der Waals surface area (Å²) in [5, 5.41) is 0. The Bertz CT molecular complexity index is 352. The van der Waals surface area contributed by atoms with Crippen molar-refractivity contribution in [3.8, 4) is 0 Å². The van der Waals surface area contributed by atoms with Gasteiger partial charge in [-0.3, -0.25) is 0 Å². The molecule has 0 nitrogen and oxygen atoms in total. The summed E-state index contributed by atoms with van der Waals surface area (Å²) in [4.78, 5) is 0. The van der Waals surface area contributed by atoms with E-state index in [1.165, 1.54) is 12.1 Å². The first-order chi connectivity index (χ1) is 7.43. The van der Waals surface area contributed by atoms with Crippen LogP contribution in [-0.4, -0.2) is 0 Å². The van der Waals surface area contributed by atoms with Crippen LogP contribution in [0.2, 0.25) is 0 Å². The van der Waals surface area contributed by atoms with Crippen molar-refractivity contribution in [3.05, 3.63) is 48.0 Å². The van der Waals surface area contributed by atoms with Gasteiger partial charge in [-0.15, -0.1) is 6.58 Å². The van der Waals surface area contributed by atoms with Crippen LogP contribution in [0.1, 0.15) is 24.5 Å². The quantitative estimate of drug-likeness (QED) is 0.667. The first kappa shape index (κ1) is 12.8. The number of alkyl halides is 3. The second kappa shape index (κ2) is 5.19. The van der Waals surface area contributed by atoms with Crippen molar-refractivity contribution in [1.29, 1.82) is 0 Å². The Labute approximate surface area is 93.8 Å². The molecule has 1 rings (SSSR count). The Morgan fingerprint density at radius 3 is 2.62 bits per heavy atom. The normalized spacial score (nSPS) is 13.5. The molecular weight excluding hydrogens is 213 g/mol. The SMILES string of the molecule is C=CCC(C)Cc1cccc(C(F)(F)F)c1. The molecule has 16 heavy (non-hydrogen) atoms. The van der Waals surface area contributed by atoms with E-state index in [0.29, 0.717) is 12.3 Å². The largest absolute Gasteiger partial charge is 0.416 e. The van der Waals surface area contributed by atoms with Gasteiger partial charge in [-0.05, 0) is 30.4 Å². The molecule has 1 aromatic carbocycles. The van der Waals surface area contributed by atoms with Gasteiger partial charge in [0.25, 0.3) is 0 Å². The van der Waals surface area contributed by atoms with Crippen molar-refractivity contribution >= 4 is 0 Å². The van der Waals surface area contributed by atoms with Crippen LogP contribution >= 0.6 is 0 Å². The molecule has 88 valence electrons. The average molecular weight is 228 g/mol. The molecule has 1 aromatic rings. The minimum atomic E-state index is -4.25. The summed E-state index contributed by atoms with van der Waals surface area (Å²) in [6.45, 7) is 5.62. The zero-order valence-electron chi connectivity index (χ0n) is 9.22. The molecule has 0 heterocycles. The Balaban J connectivity index is 2.79. The summed E-state index contributed by atoms with van der Waals surface area (Å²) in [6.07, 6.45) is -0.998. The van der Waals surface area contributed by atoms with Crippen LogP contribution in [0.3, 0.4) is 0 Å². The topological polar surface area (TPSA) is 0 Å². The fraction of sp³-hybridized carbons (Fsp3) is 0.385. The second-order valence-electron chi connectivity index (χ2n) is 4.03. The molecular formula is C13H15F3. The lowest BCUT2D eigenvalue weighted by molar-refractivity contribution is -0.137. The Morgan fingerprint density at radius 1 is 1.38 bits per heavy atom. The van der Waals surface area contributed by atoms with Gasteiger partial charge in [0.15, 0.2) is 0 Å². The van der Waals surface area contributed by atoms with Gasteiger partial charge in [-0.25, -0.2) is 0 Å². The maximum Gasteiger partial charge on any atom is 0.416 e. The third kappa shape index (κ3) is 3.72. The van der Waals surface area contributed by atoms with E-state index in [4.69, 9.17) is 0 Å². The number of allylic oxidation sites excluding steroid dienone is 1. The average Bonchev–Trinajstić information content (AvgIpc) is 2.17.